The van der Waals surface area contributed by atoms with Crippen LogP contribution in [-0.2, 0) is 0 Å². The standard InChI is InChI=1S/C9H9BrClNO/c10-7-2-1-6(5-8(7)11)9(13)3-4-12/h1-2,5H,3-4,12H2. The van der Waals surface area contributed by atoms with E-state index in [2.05, 4.69) is 15.9 Å². The third-order valence-corrected chi connectivity index (χ3v) is 2.85. The van der Waals surface area contributed by atoms with Gasteiger partial charge in [0.25, 0.3) is 0 Å². The number of hydrogen-bond donors (Lipinski definition) is 1. The smallest absolute Gasteiger partial charge is 0.164 e. The summed E-state index contributed by atoms with van der Waals surface area (Å²) in [6.07, 6.45) is 0.359. The molecule has 0 aliphatic carbocycles. The molecule has 70 valence electrons. The van der Waals surface area contributed by atoms with Crippen LogP contribution in [0.25, 0.3) is 0 Å². The summed E-state index contributed by atoms with van der Waals surface area (Å²) in [4.78, 5) is 11.4. The van der Waals surface area contributed by atoms with Crippen molar-refractivity contribution in [2.45, 2.75) is 6.42 Å². The zero-order chi connectivity index (χ0) is 9.84. The van der Waals surface area contributed by atoms with Crippen molar-refractivity contribution in [1.82, 2.24) is 0 Å². The first-order chi connectivity index (χ1) is 6.15. The van der Waals surface area contributed by atoms with Crippen molar-refractivity contribution >= 4 is 33.3 Å². The monoisotopic (exact) mass is 261 g/mol. The maximum absolute atomic E-state index is 11.4. The summed E-state index contributed by atoms with van der Waals surface area (Å²) in [5, 5.41) is 0.544. The van der Waals surface area contributed by atoms with Crippen molar-refractivity contribution in [1.29, 1.82) is 0 Å². The largest absolute Gasteiger partial charge is 0.330 e. The van der Waals surface area contributed by atoms with Crippen LogP contribution in [0.5, 0.6) is 0 Å². The molecule has 0 aromatic heterocycles. The normalized spacial score (nSPS) is 10.1. The van der Waals surface area contributed by atoms with Crippen molar-refractivity contribution in [2.75, 3.05) is 6.54 Å². The highest BCUT2D eigenvalue weighted by Crippen LogP contribution is 2.23. The highest BCUT2D eigenvalue weighted by molar-refractivity contribution is 9.10. The van der Waals surface area contributed by atoms with E-state index in [1.807, 2.05) is 0 Å². The van der Waals surface area contributed by atoms with Crippen LogP contribution in [0.3, 0.4) is 0 Å². The van der Waals surface area contributed by atoms with Crippen LogP contribution in [0.4, 0.5) is 0 Å². The van der Waals surface area contributed by atoms with Gasteiger partial charge in [-0.15, -0.1) is 0 Å². The summed E-state index contributed by atoms with van der Waals surface area (Å²) in [6, 6.07) is 5.13. The first kappa shape index (κ1) is 10.7. The number of nitrogens with two attached hydrogens (primary N) is 1. The Morgan fingerprint density at radius 3 is 2.77 bits per heavy atom. The quantitative estimate of drug-likeness (QED) is 0.851. The maximum atomic E-state index is 11.4. The van der Waals surface area contributed by atoms with Crippen LogP contribution in [0.1, 0.15) is 16.8 Å². The van der Waals surface area contributed by atoms with E-state index in [1.54, 1.807) is 18.2 Å². The molecule has 0 heterocycles. The van der Waals surface area contributed by atoms with E-state index in [4.69, 9.17) is 17.3 Å². The Bertz CT molecular complexity index is 327. The number of carbonyl (C=O) groups is 1. The van der Waals surface area contributed by atoms with Crippen molar-refractivity contribution in [2.24, 2.45) is 5.73 Å². The number of ketones is 1. The Labute approximate surface area is 90.2 Å². The van der Waals surface area contributed by atoms with E-state index in [1.165, 1.54) is 0 Å². The van der Waals surface area contributed by atoms with Gasteiger partial charge in [-0.1, -0.05) is 17.7 Å². The zero-order valence-electron chi connectivity index (χ0n) is 6.89. The van der Waals surface area contributed by atoms with E-state index < -0.39 is 0 Å². The number of Topliss-reactive ketones (excluding diaryl/α,β-unsaturated/α-hetero) is 1. The van der Waals surface area contributed by atoms with Gasteiger partial charge < -0.3 is 5.73 Å². The Hall–Kier alpha value is -0.380. The van der Waals surface area contributed by atoms with Crippen LogP contribution in [0.15, 0.2) is 22.7 Å². The maximum Gasteiger partial charge on any atom is 0.164 e. The lowest BCUT2D eigenvalue weighted by Gasteiger charge is -2.00. The van der Waals surface area contributed by atoms with E-state index in [0.29, 0.717) is 23.6 Å². The average molecular weight is 263 g/mol. The van der Waals surface area contributed by atoms with Gasteiger partial charge in [0.2, 0.25) is 0 Å². The van der Waals surface area contributed by atoms with Gasteiger partial charge >= 0.3 is 0 Å². The second-order valence-corrected chi connectivity index (χ2v) is 3.85. The van der Waals surface area contributed by atoms with E-state index >= 15 is 0 Å². The molecule has 0 unspecified atom stereocenters. The molecular weight excluding hydrogens is 253 g/mol. The summed E-state index contributed by atoms with van der Waals surface area (Å²) < 4.78 is 0.790. The zero-order valence-corrected chi connectivity index (χ0v) is 9.23. The molecule has 0 radical (unpaired) electrons. The molecule has 13 heavy (non-hydrogen) atoms. The van der Waals surface area contributed by atoms with Crippen molar-refractivity contribution in [3.63, 3.8) is 0 Å². The molecule has 2 nitrogen and oxygen atoms in total. The predicted molar refractivity (Wildman–Crippen MR) is 57.2 cm³/mol. The molecule has 1 aromatic carbocycles. The Kier molecular flexibility index (Phi) is 3.90. The average Bonchev–Trinajstić information content (AvgIpc) is 2.10. The minimum absolute atomic E-state index is 0.0249. The third kappa shape index (κ3) is 2.79. The van der Waals surface area contributed by atoms with Gasteiger partial charge in [0.05, 0.1) is 5.02 Å². The first-order valence-corrected chi connectivity index (χ1v) is 5.00. The summed E-state index contributed by atoms with van der Waals surface area (Å²) in [6.45, 7) is 0.368. The second kappa shape index (κ2) is 4.74. The minimum Gasteiger partial charge on any atom is -0.330 e. The molecule has 0 aliphatic heterocycles. The molecule has 0 atom stereocenters. The Balaban J connectivity index is 2.90. The molecule has 0 bridgehead atoms. The SMILES string of the molecule is NCCC(=O)c1ccc(Br)c(Cl)c1. The van der Waals surface area contributed by atoms with Gasteiger partial charge in [-0.05, 0) is 34.6 Å². The number of hydrogen-bond acceptors (Lipinski definition) is 2. The topological polar surface area (TPSA) is 43.1 Å². The van der Waals surface area contributed by atoms with Gasteiger partial charge in [0.1, 0.15) is 0 Å². The molecule has 4 heteroatoms. The van der Waals surface area contributed by atoms with Gasteiger partial charge in [-0.3, -0.25) is 4.79 Å². The lowest BCUT2D eigenvalue weighted by atomic mass is 10.1. The van der Waals surface area contributed by atoms with Gasteiger partial charge in [0.15, 0.2) is 5.78 Å². The van der Waals surface area contributed by atoms with Crippen LogP contribution in [-0.4, -0.2) is 12.3 Å². The fraction of sp³-hybridized carbons (Fsp3) is 0.222. The van der Waals surface area contributed by atoms with Crippen LogP contribution < -0.4 is 5.73 Å². The number of benzene rings is 1. The molecule has 0 spiro atoms. The molecule has 1 aromatic rings. The van der Waals surface area contributed by atoms with E-state index in [-0.39, 0.29) is 5.78 Å². The first-order valence-electron chi connectivity index (χ1n) is 3.83. The highest BCUT2D eigenvalue weighted by atomic mass is 79.9. The summed E-state index contributed by atoms with van der Waals surface area (Å²) in [5.41, 5.74) is 5.88. The summed E-state index contributed by atoms with van der Waals surface area (Å²) in [5.74, 6) is 0.0249. The number of rotatable bonds is 3. The van der Waals surface area contributed by atoms with E-state index in [0.717, 1.165) is 4.47 Å². The van der Waals surface area contributed by atoms with Gasteiger partial charge in [-0.25, -0.2) is 0 Å². The third-order valence-electron chi connectivity index (χ3n) is 1.61. The molecule has 0 saturated heterocycles. The van der Waals surface area contributed by atoms with Crippen LogP contribution in [0, 0.1) is 0 Å². The molecule has 0 aliphatic rings. The van der Waals surface area contributed by atoms with Crippen molar-refractivity contribution in [3.05, 3.63) is 33.3 Å². The number of carbonyl (C=O) groups excluding carboxylic acids is 1. The Morgan fingerprint density at radius 2 is 2.23 bits per heavy atom. The van der Waals surface area contributed by atoms with Crippen LogP contribution in [0.2, 0.25) is 5.02 Å². The number of halogens is 2. The molecule has 1 rings (SSSR count). The van der Waals surface area contributed by atoms with Crippen molar-refractivity contribution in [3.8, 4) is 0 Å². The lowest BCUT2D eigenvalue weighted by molar-refractivity contribution is 0.0985. The molecule has 2 N–H and O–H groups in total. The van der Waals surface area contributed by atoms with Gasteiger partial charge in [-0.2, -0.15) is 0 Å². The second-order valence-electron chi connectivity index (χ2n) is 2.59. The fourth-order valence-electron chi connectivity index (χ4n) is 0.945. The molecule has 0 saturated carbocycles. The predicted octanol–water partition coefficient (Wildman–Crippen LogP) is 2.63. The van der Waals surface area contributed by atoms with Crippen molar-refractivity contribution < 1.29 is 4.79 Å². The summed E-state index contributed by atoms with van der Waals surface area (Å²) in [7, 11) is 0. The van der Waals surface area contributed by atoms with E-state index in [9.17, 15) is 4.79 Å². The van der Waals surface area contributed by atoms with Crippen LogP contribution >= 0.6 is 27.5 Å². The van der Waals surface area contributed by atoms with Gasteiger partial charge in [0, 0.05) is 16.5 Å². The Morgan fingerprint density at radius 1 is 1.54 bits per heavy atom. The fourth-order valence-corrected chi connectivity index (χ4v) is 1.37. The lowest BCUT2D eigenvalue weighted by Crippen LogP contribution is -2.07. The molecular formula is C9H9BrClNO. The summed E-state index contributed by atoms with van der Waals surface area (Å²) >= 11 is 9.08. The molecule has 0 fully saturated rings. The minimum atomic E-state index is 0.0249. The molecule has 0 amide bonds. The highest BCUT2D eigenvalue weighted by Gasteiger charge is 2.06.